The van der Waals surface area contributed by atoms with Crippen LogP contribution in [0.4, 0.5) is 5.00 Å². The lowest BCUT2D eigenvalue weighted by Crippen LogP contribution is -2.12. The number of nitrogens with one attached hydrogen (secondary N) is 1. The zero-order valence-corrected chi connectivity index (χ0v) is 16.4. The Labute approximate surface area is 162 Å². The SMILES string of the molecule is CCOC(=O)c1c(NC(=O)C=Cc2cccc3ccccc23)sc(C)c1C. The third-order valence-electron chi connectivity index (χ3n) is 4.34. The zero-order valence-electron chi connectivity index (χ0n) is 15.5. The third-order valence-corrected chi connectivity index (χ3v) is 5.46. The molecular weight excluding hydrogens is 358 g/mol. The van der Waals surface area contributed by atoms with E-state index in [1.165, 1.54) is 17.4 Å². The Bertz CT molecular complexity index is 1030. The maximum absolute atomic E-state index is 12.4. The normalized spacial score (nSPS) is 11.1. The van der Waals surface area contributed by atoms with Crippen molar-refractivity contribution in [3.8, 4) is 0 Å². The summed E-state index contributed by atoms with van der Waals surface area (Å²) in [7, 11) is 0. The van der Waals surface area contributed by atoms with Gasteiger partial charge in [0.2, 0.25) is 5.91 Å². The van der Waals surface area contributed by atoms with Gasteiger partial charge >= 0.3 is 5.97 Å². The van der Waals surface area contributed by atoms with Crippen molar-refractivity contribution in [2.45, 2.75) is 20.8 Å². The van der Waals surface area contributed by atoms with Gasteiger partial charge in [-0.2, -0.15) is 0 Å². The van der Waals surface area contributed by atoms with Crippen LogP contribution in [0.2, 0.25) is 0 Å². The van der Waals surface area contributed by atoms with Gasteiger partial charge in [0.15, 0.2) is 0 Å². The summed E-state index contributed by atoms with van der Waals surface area (Å²) < 4.78 is 5.12. The maximum atomic E-state index is 12.4. The van der Waals surface area contributed by atoms with Crippen molar-refractivity contribution >= 4 is 45.1 Å². The Morgan fingerprint density at radius 1 is 1.11 bits per heavy atom. The van der Waals surface area contributed by atoms with Crippen LogP contribution in [0.5, 0.6) is 0 Å². The number of thiophene rings is 1. The van der Waals surface area contributed by atoms with Crippen molar-refractivity contribution in [1.29, 1.82) is 0 Å². The Kier molecular flexibility index (Phi) is 5.72. The maximum Gasteiger partial charge on any atom is 0.341 e. The molecule has 4 nitrogen and oxygen atoms in total. The highest BCUT2D eigenvalue weighted by molar-refractivity contribution is 7.16. The number of aryl methyl sites for hydroxylation is 1. The van der Waals surface area contributed by atoms with E-state index in [1.54, 1.807) is 13.0 Å². The monoisotopic (exact) mass is 379 g/mol. The standard InChI is InChI=1S/C22H21NO3S/c1-4-26-22(25)20-14(2)15(3)27-21(20)23-19(24)13-12-17-10-7-9-16-8-5-6-11-18(16)17/h5-13H,4H2,1-3H3,(H,23,24). The first-order valence-electron chi connectivity index (χ1n) is 8.75. The smallest absolute Gasteiger partial charge is 0.341 e. The highest BCUT2D eigenvalue weighted by atomic mass is 32.1. The van der Waals surface area contributed by atoms with Gasteiger partial charge in [-0.05, 0) is 48.7 Å². The molecule has 0 aliphatic carbocycles. The molecule has 27 heavy (non-hydrogen) atoms. The minimum atomic E-state index is -0.410. The molecule has 138 valence electrons. The Balaban J connectivity index is 1.83. The van der Waals surface area contributed by atoms with Gasteiger partial charge in [-0.1, -0.05) is 42.5 Å². The molecule has 0 atom stereocenters. The minimum absolute atomic E-state index is 0.283. The van der Waals surface area contributed by atoms with Gasteiger partial charge in [0.1, 0.15) is 5.00 Å². The number of benzene rings is 2. The van der Waals surface area contributed by atoms with Crippen molar-refractivity contribution in [2.75, 3.05) is 11.9 Å². The fourth-order valence-electron chi connectivity index (χ4n) is 2.88. The van der Waals surface area contributed by atoms with E-state index < -0.39 is 5.97 Å². The Morgan fingerprint density at radius 3 is 2.63 bits per heavy atom. The van der Waals surface area contributed by atoms with E-state index in [-0.39, 0.29) is 5.91 Å². The van der Waals surface area contributed by atoms with Crippen molar-refractivity contribution in [1.82, 2.24) is 0 Å². The first-order valence-corrected chi connectivity index (χ1v) is 9.56. The number of esters is 1. The first kappa shape index (κ1) is 18.9. The van der Waals surface area contributed by atoms with E-state index in [2.05, 4.69) is 5.32 Å². The van der Waals surface area contributed by atoms with Gasteiger partial charge in [-0.25, -0.2) is 4.79 Å². The number of hydrogen-bond donors (Lipinski definition) is 1. The summed E-state index contributed by atoms with van der Waals surface area (Å²) in [5.41, 5.74) is 2.24. The average Bonchev–Trinajstić information content (AvgIpc) is 2.93. The zero-order chi connectivity index (χ0) is 19.4. The number of carbonyl (C=O) groups excluding carboxylic acids is 2. The summed E-state index contributed by atoms with van der Waals surface area (Å²) >= 11 is 1.38. The molecule has 0 saturated carbocycles. The Hall–Kier alpha value is -2.92. The molecule has 1 aromatic heterocycles. The quantitative estimate of drug-likeness (QED) is 0.480. The largest absolute Gasteiger partial charge is 0.462 e. The second-order valence-corrected chi connectivity index (χ2v) is 7.32. The molecule has 1 N–H and O–H groups in total. The molecule has 0 bridgehead atoms. The third kappa shape index (κ3) is 4.09. The second-order valence-electron chi connectivity index (χ2n) is 6.10. The van der Waals surface area contributed by atoms with Crippen molar-refractivity contribution in [2.24, 2.45) is 0 Å². The molecule has 0 fully saturated rings. The lowest BCUT2D eigenvalue weighted by atomic mass is 10.0. The fourth-order valence-corrected chi connectivity index (χ4v) is 3.93. The lowest BCUT2D eigenvalue weighted by Gasteiger charge is -2.06. The predicted molar refractivity (Wildman–Crippen MR) is 111 cm³/mol. The van der Waals surface area contributed by atoms with E-state index in [0.29, 0.717) is 17.2 Å². The molecule has 1 heterocycles. The van der Waals surface area contributed by atoms with Crippen LogP contribution in [-0.4, -0.2) is 18.5 Å². The summed E-state index contributed by atoms with van der Waals surface area (Å²) in [5, 5.41) is 5.55. The second kappa shape index (κ2) is 8.18. The molecule has 0 unspecified atom stereocenters. The number of rotatable bonds is 5. The van der Waals surface area contributed by atoms with Crippen LogP contribution in [0.15, 0.2) is 48.5 Å². The molecule has 5 heteroatoms. The van der Waals surface area contributed by atoms with Crippen LogP contribution in [0, 0.1) is 13.8 Å². The van der Waals surface area contributed by atoms with Crippen LogP contribution < -0.4 is 5.32 Å². The van der Waals surface area contributed by atoms with Gasteiger partial charge in [0, 0.05) is 11.0 Å². The lowest BCUT2D eigenvalue weighted by molar-refractivity contribution is -0.111. The highest BCUT2D eigenvalue weighted by Crippen LogP contribution is 2.33. The van der Waals surface area contributed by atoms with Crippen molar-refractivity contribution < 1.29 is 14.3 Å². The van der Waals surface area contributed by atoms with Crippen molar-refractivity contribution in [3.63, 3.8) is 0 Å². The molecular formula is C22H21NO3S. The summed E-state index contributed by atoms with van der Waals surface area (Å²) in [5.74, 6) is -0.692. The molecule has 0 aliphatic rings. The molecule has 0 saturated heterocycles. The summed E-state index contributed by atoms with van der Waals surface area (Å²) in [6.07, 6.45) is 3.27. The highest BCUT2D eigenvalue weighted by Gasteiger charge is 2.21. The number of carbonyl (C=O) groups is 2. The van der Waals surface area contributed by atoms with Gasteiger partial charge in [0.05, 0.1) is 12.2 Å². The van der Waals surface area contributed by atoms with Crippen LogP contribution in [-0.2, 0) is 9.53 Å². The van der Waals surface area contributed by atoms with Gasteiger partial charge in [0.25, 0.3) is 0 Å². The van der Waals surface area contributed by atoms with E-state index in [9.17, 15) is 9.59 Å². The molecule has 3 aromatic rings. The predicted octanol–water partition coefficient (Wildman–Crippen LogP) is 5.35. The van der Waals surface area contributed by atoms with Gasteiger partial charge in [-0.15, -0.1) is 11.3 Å². The van der Waals surface area contributed by atoms with Crippen molar-refractivity contribution in [3.05, 3.63) is 70.1 Å². The summed E-state index contributed by atoms with van der Waals surface area (Å²) in [6.45, 7) is 5.84. The number of anilines is 1. The number of ether oxygens (including phenoxy) is 1. The van der Waals surface area contributed by atoms with Crippen LogP contribution >= 0.6 is 11.3 Å². The molecule has 0 radical (unpaired) electrons. The number of amides is 1. The average molecular weight is 379 g/mol. The van der Waals surface area contributed by atoms with Crippen LogP contribution in [0.1, 0.15) is 33.3 Å². The first-order chi connectivity index (χ1) is 13.0. The molecule has 1 amide bonds. The minimum Gasteiger partial charge on any atom is -0.462 e. The van der Waals surface area contributed by atoms with E-state index in [1.807, 2.05) is 56.3 Å². The molecule has 3 rings (SSSR count). The van der Waals surface area contributed by atoms with E-state index in [4.69, 9.17) is 4.74 Å². The summed E-state index contributed by atoms with van der Waals surface area (Å²) in [6, 6.07) is 14.0. The van der Waals surface area contributed by atoms with E-state index in [0.717, 1.165) is 26.8 Å². The molecule has 0 spiro atoms. The fraction of sp³-hybridized carbons (Fsp3) is 0.182. The topological polar surface area (TPSA) is 55.4 Å². The Morgan fingerprint density at radius 2 is 1.85 bits per heavy atom. The number of hydrogen-bond acceptors (Lipinski definition) is 4. The van der Waals surface area contributed by atoms with Gasteiger partial charge < -0.3 is 10.1 Å². The number of fused-ring (bicyclic) bond motifs is 1. The van der Waals surface area contributed by atoms with Crippen LogP contribution in [0.3, 0.4) is 0 Å². The van der Waals surface area contributed by atoms with Crippen LogP contribution in [0.25, 0.3) is 16.8 Å². The van der Waals surface area contributed by atoms with E-state index >= 15 is 0 Å². The summed E-state index contributed by atoms with van der Waals surface area (Å²) in [4.78, 5) is 25.6. The molecule has 0 aliphatic heterocycles. The van der Waals surface area contributed by atoms with Gasteiger partial charge in [-0.3, -0.25) is 4.79 Å². The molecule has 2 aromatic carbocycles.